The van der Waals surface area contributed by atoms with Gasteiger partial charge in [-0.2, -0.15) is 5.26 Å². The number of aromatic nitrogens is 1. The number of hydrogen-bond acceptors (Lipinski definition) is 4. The van der Waals surface area contributed by atoms with Crippen LogP contribution in [0.1, 0.15) is 10.6 Å². The first-order valence-electron chi connectivity index (χ1n) is 7.28. The Hall–Kier alpha value is -2.32. The summed E-state index contributed by atoms with van der Waals surface area (Å²) in [6, 6.07) is 15.1. The Morgan fingerprint density at radius 3 is 2.56 bits per heavy atom. The number of thiazole rings is 1. The molecule has 0 bridgehead atoms. The van der Waals surface area contributed by atoms with Crippen LogP contribution in [0.3, 0.4) is 0 Å². The second kappa shape index (κ2) is 7.71. The van der Waals surface area contributed by atoms with Gasteiger partial charge in [-0.05, 0) is 35.9 Å². The Bertz CT molecular complexity index is 972. The van der Waals surface area contributed by atoms with Crippen molar-refractivity contribution in [3.8, 4) is 23.1 Å². The number of halogens is 2. The van der Waals surface area contributed by atoms with Crippen molar-refractivity contribution in [2.45, 2.75) is 0 Å². The van der Waals surface area contributed by atoms with Crippen LogP contribution < -0.4 is 4.74 Å². The number of allylic oxidation sites excluding steroid dienone is 1. The summed E-state index contributed by atoms with van der Waals surface area (Å²) >= 11 is 13.4. The highest BCUT2D eigenvalue weighted by atomic mass is 35.5. The summed E-state index contributed by atoms with van der Waals surface area (Å²) in [4.78, 5) is 4.55. The molecule has 0 unspecified atom stereocenters. The molecule has 0 saturated heterocycles. The molecule has 124 valence electrons. The minimum atomic E-state index is 0.475. The molecule has 0 atom stereocenters. The fraction of sp³-hybridized carbons (Fsp3) is 0.0526. The average molecular weight is 387 g/mol. The van der Waals surface area contributed by atoms with Crippen LogP contribution in [0.5, 0.6) is 5.75 Å². The maximum Gasteiger partial charge on any atom is 0.134 e. The smallest absolute Gasteiger partial charge is 0.134 e. The lowest BCUT2D eigenvalue weighted by Gasteiger charge is -2.00. The van der Waals surface area contributed by atoms with Crippen LogP contribution in [0, 0.1) is 11.3 Å². The van der Waals surface area contributed by atoms with Gasteiger partial charge in [-0.1, -0.05) is 41.4 Å². The van der Waals surface area contributed by atoms with Crippen molar-refractivity contribution in [2.75, 3.05) is 7.11 Å². The summed E-state index contributed by atoms with van der Waals surface area (Å²) < 4.78 is 5.14. The summed E-state index contributed by atoms with van der Waals surface area (Å²) in [5.41, 5.74) is 3.03. The molecule has 6 heteroatoms. The van der Waals surface area contributed by atoms with Gasteiger partial charge >= 0.3 is 0 Å². The molecule has 1 heterocycles. The fourth-order valence-electron chi connectivity index (χ4n) is 2.19. The summed E-state index contributed by atoms with van der Waals surface area (Å²) in [6.07, 6.45) is 1.80. The van der Waals surface area contributed by atoms with Crippen LogP contribution in [0.15, 0.2) is 47.8 Å². The zero-order valence-electron chi connectivity index (χ0n) is 13.2. The van der Waals surface area contributed by atoms with Gasteiger partial charge in [0.05, 0.1) is 28.4 Å². The van der Waals surface area contributed by atoms with Gasteiger partial charge in [0, 0.05) is 10.9 Å². The largest absolute Gasteiger partial charge is 0.497 e. The minimum Gasteiger partial charge on any atom is -0.497 e. The molecule has 0 radical (unpaired) electrons. The Morgan fingerprint density at radius 2 is 1.92 bits per heavy atom. The Morgan fingerprint density at radius 1 is 1.16 bits per heavy atom. The van der Waals surface area contributed by atoms with Gasteiger partial charge in [0.2, 0.25) is 0 Å². The van der Waals surface area contributed by atoms with E-state index in [4.69, 9.17) is 27.9 Å². The molecular formula is C19H12Cl2N2OS. The van der Waals surface area contributed by atoms with Gasteiger partial charge in [-0.3, -0.25) is 0 Å². The normalized spacial score (nSPS) is 11.2. The third-order valence-corrected chi connectivity index (χ3v) is 5.11. The molecule has 0 fully saturated rings. The molecule has 0 amide bonds. The number of rotatable bonds is 4. The summed E-state index contributed by atoms with van der Waals surface area (Å²) in [5.74, 6) is 0.770. The number of nitrogens with zero attached hydrogens (tertiary/aromatic N) is 2. The van der Waals surface area contributed by atoms with E-state index in [9.17, 15) is 5.26 Å². The summed E-state index contributed by atoms with van der Waals surface area (Å²) in [7, 11) is 1.62. The van der Waals surface area contributed by atoms with E-state index in [1.54, 1.807) is 25.3 Å². The molecular weight excluding hydrogens is 375 g/mol. The first-order chi connectivity index (χ1) is 12.1. The molecule has 2 aromatic carbocycles. The average Bonchev–Trinajstić information content (AvgIpc) is 3.12. The fourth-order valence-corrected chi connectivity index (χ4v) is 3.29. The number of hydrogen-bond donors (Lipinski definition) is 0. The first kappa shape index (κ1) is 17.5. The van der Waals surface area contributed by atoms with Gasteiger partial charge in [-0.25, -0.2) is 4.98 Å². The molecule has 3 aromatic rings. The van der Waals surface area contributed by atoms with E-state index >= 15 is 0 Å². The summed E-state index contributed by atoms with van der Waals surface area (Å²) in [6.45, 7) is 0. The lowest BCUT2D eigenvalue weighted by molar-refractivity contribution is 0.415. The van der Waals surface area contributed by atoms with Crippen molar-refractivity contribution >= 4 is 46.2 Å². The highest BCUT2D eigenvalue weighted by molar-refractivity contribution is 7.11. The van der Waals surface area contributed by atoms with Crippen molar-refractivity contribution in [1.29, 1.82) is 5.26 Å². The van der Waals surface area contributed by atoms with Crippen molar-refractivity contribution in [2.24, 2.45) is 0 Å². The van der Waals surface area contributed by atoms with Crippen molar-refractivity contribution in [3.63, 3.8) is 0 Å². The van der Waals surface area contributed by atoms with E-state index in [2.05, 4.69) is 11.1 Å². The van der Waals surface area contributed by atoms with Gasteiger partial charge in [0.1, 0.15) is 16.8 Å². The first-order valence-corrected chi connectivity index (χ1v) is 8.91. The topological polar surface area (TPSA) is 45.9 Å². The summed E-state index contributed by atoms with van der Waals surface area (Å²) in [5, 5.41) is 13.0. The third-order valence-electron chi connectivity index (χ3n) is 3.50. The Kier molecular flexibility index (Phi) is 5.40. The molecule has 0 saturated carbocycles. The highest BCUT2D eigenvalue weighted by Crippen LogP contribution is 2.31. The van der Waals surface area contributed by atoms with Gasteiger partial charge in [0.15, 0.2) is 0 Å². The van der Waals surface area contributed by atoms with Gasteiger partial charge in [0.25, 0.3) is 0 Å². The second-order valence-electron chi connectivity index (χ2n) is 5.11. The predicted octanol–water partition coefficient (Wildman–Crippen LogP) is 6.19. The number of methoxy groups -OCH3 is 1. The molecule has 3 rings (SSSR count). The highest BCUT2D eigenvalue weighted by Gasteiger charge is 2.10. The number of ether oxygens (including phenoxy) is 1. The number of nitriles is 1. The predicted molar refractivity (Wildman–Crippen MR) is 104 cm³/mol. The van der Waals surface area contributed by atoms with Crippen molar-refractivity contribution < 1.29 is 4.74 Å². The molecule has 0 aliphatic rings. The van der Waals surface area contributed by atoms with Crippen LogP contribution in [0.2, 0.25) is 10.0 Å². The quantitative estimate of drug-likeness (QED) is 0.502. The molecule has 1 aromatic heterocycles. The van der Waals surface area contributed by atoms with Crippen LogP contribution in [0.4, 0.5) is 0 Å². The molecule has 0 spiro atoms. The van der Waals surface area contributed by atoms with Crippen LogP contribution in [-0.4, -0.2) is 12.1 Å². The molecule has 0 aliphatic carbocycles. The van der Waals surface area contributed by atoms with E-state index < -0.39 is 0 Å². The zero-order valence-corrected chi connectivity index (χ0v) is 15.5. The molecule has 0 aliphatic heterocycles. The Balaban J connectivity index is 1.91. The second-order valence-corrected chi connectivity index (χ2v) is 6.78. The Labute approximate surface area is 159 Å². The van der Waals surface area contributed by atoms with E-state index in [1.807, 2.05) is 35.7 Å². The third kappa shape index (κ3) is 4.02. The lowest BCUT2D eigenvalue weighted by Crippen LogP contribution is -1.84. The van der Waals surface area contributed by atoms with E-state index in [0.29, 0.717) is 20.6 Å². The van der Waals surface area contributed by atoms with E-state index in [-0.39, 0.29) is 0 Å². The van der Waals surface area contributed by atoms with Gasteiger partial charge in [-0.15, -0.1) is 11.3 Å². The molecule has 25 heavy (non-hydrogen) atoms. The van der Waals surface area contributed by atoms with Crippen LogP contribution in [0.25, 0.3) is 22.9 Å². The van der Waals surface area contributed by atoms with E-state index in [0.717, 1.165) is 22.6 Å². The molecule has 3 nitrogen and oxygen atoms in total. The standard InChI is InChI=1S/C19H12Cl2N2OS/c1-24-15-5-2-12(3-6-15)8-14(10-22)19-23-18(11-25-19)13-4-7-16(20)17(21)9-13/h2-9,11H,1H3/b14-8-. The monoisotopic (exact) mass is 386 g/mol. The zero-order chi connectivity index (χ0) is 17.8. The maximum absolute atomic E-state index is 9.49. The van der Waals surface area contributed by atoms with Crippen molar-refractivity contribution in [3.05, 3.63) is 68.5 Å². The van der Waals surface area contributed by atoms with E-state index in [1.165, 1.54) is 11.3 Å². The van der Waals surface area contributed by atoms with Crippen LogP contribution in [-0.2, 0) is 0 Å². The number of benzene rings is 2. The maximum atomic E-state index is 9.49. The van der Waals surface area contributed by atoms with Crippen molar-refractivity contribution in [1.82, 2.24) is 4.98 Å². The lowest BCUT2D eigenvalue weighted by atomic mass is 10.1. The minimum absolute atomic E-state index is 0.475. The SMILES string of the molecule is COc1ccc(/C=C(/C#N)c2nc(-c3ccc(Cl)c(Cl)c3)cs2)cc1. The van der Waals surface area contributed by atoms with Gasteiger partial charge < -0.3 is 4.74 Å². The van der Waals surface area contributed by atoms with Crippen LogP contribution >= 0.6 is 34.5 Å². The molecule has 0 N–H and O–H groups in total.